The van der Waals surface area contributed by atoms with Crippen LogP contribution in [0.5, 0.6) is 0 Å². The molecule has 0 fully saturated rings. The van der Waals surface area contributed by atoms with Crippen molar-refractivity contribution in [1.29, 1.82) is 0 Å². The highest BCUT2D eigenvalue weighted by Gasteiger charge is 2.17. The molecule has 0 saturated heterocycles. The van der Waals surface area contributed by atoms with Crippen molar-refractivity contribution < 1.29 is 0 Å². The fraction of sp³-hybridized carbons (Fsp3) is 0.500. The standard InChI is InChI=1S/C20H31N5/c1-15-14-18(24-19(22-15)21-12-9-13-25(5)6)23-17-11-8-7-10-16(17)20(2,3)4/h7-8,10-11,14H,9,12-13H2,1-6H3,(H2,21,22,23,24). The Morgan fingerprint density at radius 3 is 2.48 bits per heavy atom. The van der Waals surface area contributed by atoms with Gasteiger partial charge in [-0.3, -0.25) is 0 Å². The number of nitrogens with zero attached hydrogens (tertiary/aromatic N) is 3. The van der Waals surface area contributed by atoms with Crippen LogP contribution in [0.15, 0.2) is 30.3 Å². The van der Waals surface area contributed by atoms with Crippen LogP contribution in [0.25, 0.3) is 0 Å². The second-order valence-corrected chi connectivity index (χ2v) is 7.72. The van der Waals surface area contributed by atoms with Gasteiger partial charge in [0.05, 0.1) is 0 Å². The first-order valence-electron chi connectivity index (χ1n) is 8.86. The molecule has 1 aromatic carbocycles. The number of aryl methyl sites for hydroxylation is 1. The van der Waals surface area contributed by atoms with Crippen LogP contribution >= 0.6 is 0 Å². The van der Waals surface area contributed by atoms with E-state index in [4.69, 9.17) is 0 Å². The zero-order chi connectivity index (χ0) is 18.4. The molecule has 0 amide bonds. The SMILES string of the molecule is Cc1cc(Nc2ccccc2C(C)(C)C)nc(NCCCN(C)C)n1. The zero-order valence-corrected chi connectivity index (χ0v) is 16.3. The average molecular weight is 342 g/mol. The Labute approximate surface area is 151 Å². The van der Waals surface area contributed by atoms with E-state index in [0.29, 0.717) is 5.95 Å². The monoisotopic (exact) mass is 341 g/mol. The van der Waals surface area contributed by atoms with E-state index in [0.717, 1.165) is 36.7 Å². The highest BCUT2D eigenvalue weighted by atomic mass is 15.1. The van der Waals surface area contributed by atoms with Crippen LogP contribution < -0.4 is 10.6 Å². The molecule has 1 heterocycles. The molecule has 0 radical (unpaired) electrons. The minimum Gasteiger partial charge on any atom is -0.354 e. The van der Waals surface area contributed by atoms with E-state index in [-0.39, 0.29) is 5.41 Å². The van der Waals surface area contributed by atoms with Crippen molar-refractivity contribution in [3.63, 3.8) is 0 Å². The highest BCUT2D eigenvalue weighted by Crippen LogP contribution is 2.31. The van der Waals surface area contributed by atoms with Gasteiger partial charge in [-0.05, 0) is 51.0 Å². The zero-order valence-electron chi connectivity index (χ0n) is 16.3. The predicted octanol–water partition coefficient (Wildman–Crippen LogP) is 4.19. The van der Waals surface area contributed by atoms with E-state index in [1.54, 1.807) is 0 Å². The number of benzene rings is 1. The van der Waals surface area contributed by atoms with Crippen LogP contribution in [0.1, 0.15) is 38.4 Å². The van der Waals surface area contributed by atoms with Gasteiger partial charge in [0.1, 0.15) is 5.82 Å². The van der Waals surface area contributed by atoms with E-state index in [1.165, 1.54) is 5.56 Å². The second kappa shape index (κ2) is 8.30. The van der Waals surface area contributed by atoms with Gasteiger partial charge < -0.3 is 15.5 Å². The van der Waals surface area contributed by atoms with Gasteiger partial charge >= 0.3 is 0 Å². The van der Waals surface area contributed by atoms with E-state index in [2.05, 4.69) is 78.6 Å². The van der Waals surface area contributed by atoms with Gasteiger partial charge in [0.25, 0.3) is 0 Å². The third kappa shape index (κ3) is 6.02. The van der Waals surface area contributed by atoms with Crippen molar-refractivity contribution in [3.05, 3.63) is 41.6 Å². The van der Waals surface area contributed by atoms with Gasteiger partial charge in [-0.2, -0.15) is 4.98 Å². The van der Waals surface area contributed by atoms with E-state index >= 15 is 0 Å². The first-order chi connectivity index (χ1) is 11.8. The molecule has 2 N–H and O–H groups in total. The van der Waals surface area contributed by atoms with Crippen molar-refractivity contribution in [3.8, 4) is 0 Å². The molecule has 25 heavy (non-hydrogen) atoms. The van der Waals surface area contributed by atoms with Gasteiger partial charge in [0.2, 0.25) is 5.95 Å². The summed E-state index contributed by atoms with van der Waals surface area (Å²) in [5.41, 5.74) is 3.37. The van der Waals surface area contributed by atoms with Crippen LogP contribution in [-0.2, 0) is 5.41 Å². The van der Waals surface area contributed by atoms with E-state index < -0.39 is 0 Å². The van der Waals surface area contributed by atoms with Gasteiger partial charge in [-0.1, -0.05) is 39.0 Å². The van der Waals surface area contributed by atoms with Crippen LogP contribution in [0.2, 0.25) is 0 Å². The molecule has 0 aliphatic heterocycles. The number of nitrogens with one attached hydrogen (secondary N) is 2. The highest BCUT2D eigenvalue weighted by molar-refractivity contribution is 5.63. The summed E-state index contributed by atoms with van der Waals surface area (Å²) in [5.74, 6) is 1.49. The number of aromatic nitrogens is 2. The Morgan fingerprint density at radius 1 is 1.08 bits per heavy atom. The molecule has 0 atom stereocenters. The quantitative estimate of drug-likeness (QED) is 0.740. The normalized spacial score (nSPS) is 11.6. The number of hydrogen-bond acceptors (Lipinski definition) is 5. The Balaban J connectivity index is 2.13. The van der Waals surface area contributed by atoms with Crippen molar-refractivity contribution in [2.24, 2.45) is 0 Å². The topological polar surface area (TPSA) is 53.1 Å². The number of rotatable bonds is 7. The smallest absolute Gasteiger partial charge is 0.224 e. The summed E-state index contributed by atoms with van der Waals surface area (Å²) in [5, 5.41) is 6.79. The third-order valence-corrected chi connectivity index (χ3v) is 3.92. The second-order valence-electron chi connectivity index (χ2n) is 7.72. The lowest BCUT2D eigenvalue weighted by atomic mass is 9.86. The molecular weight excluding hydrogens is 310 g/mol. The summed E-state index contributed by atoms with van der Waals surface area (Å²) in [4.78, 5) is 11.3. The Kier molecular flexibility index (Phi) is 6.37. The summed E-state index contributed by atoms with van der Waals surface area (Å²) in [6.07, 6.45) is 1.06. The molecule has 0 saturated carbocycles. The molecule has 0 unspecified atom stereocenters. The van der Waals surface area contributed by atoms with Crippen molar-refractivity contribution in [2.45, 2.75) is 39.5 Å². The van der Waals surface area contributed by atoms with Crippen molar-refractivity contribution >= 4 is 17.5 Å². The molecule has 0 aliphatic carbocycles. The van der Waals surface area contributed by atoms with Gasteiger partial charge in [-0.25, -0.2) is 4.98 Å². The maximum absolute atomic E-state index is 4.62. The first kappa shape index (κ1) is 19.2. The molecule has 1 aromatic heterocycles. The minimum absolute atomic E-state index is 0.0684. The van der Waals surface area contributed by atoms with Gasteiger partial charge in [0, 0.05) is 24.0 Å². The largest absolute Gasteiger partial charge is 0.354 e. The van der Waals surface area contributed by atoms with E-state index in [9.17, 15) is 0 Å². The molecule has 2 aromatic rings. The lowest BCUT2D eigenvalue weighted by Crippen LogP contribution is -2.17. The van der Waals surface area contributed by atoms with Gasteiger partial charge in [-0.15, -0.1) is 0 Å². The summed E-state index contributed by atoms with van der Waals surface area (Å²) < 4.78 is 0. The predicted molar refractivity (Wildman–Crippen MR) is 107 cm³/mol. The van der Waals surface area contributed by atoms with Crippen molar-refractivity contribution in [2.75, 3.05) is 37.8 Å². The summed E-state index contributed by atoms with van der Waals surface area (Å²) >= 11 is 0. The van der Waals surface area contributed by atoms with Crippen molar-refractivity contribution in [1.82, 2.24) is 14.9 Å². The molecule has 5 nitrogen and oxygen atoms in total. The van der Waals surface area contributed by atoms with Gasteiger partial charge in [0.15, 0.2) is 0 Å². The van der Waals surface area contributed by atoms with Crippen LogP contribution in [0.4, 0.5) is 17.5 Å². The molecular formula is C20H31N5. The lowest BCUT2D eigenvalue weighted by Gasteiger charge is -2.23. The maximum Gasteiger partial charge on any atom is 0.224 e. The molecule has 0 aliphatic rings. The molecule has 5 heteroatoms. The summed E-state index contributed by atoms with van der Waals surface area (Å²) in [7, 11) is 4.16. The maximum atomic E-state index is 4.62. The Morgan fingerprint density at radius 2 is 1.80 bits per heavy atom. The fourth-order valence-electron chi connectivity index (χ4n) is 2.69. The van der Waals surface area contributed by atoms with Crippen LogP contribution in [0.3, 0.4) is 0 Å². The fourth-order valence-corrected chi connectivity index (χ4v) is 2.69. The van der Waals surface area contributed by atoms with Crippen LogP contribution in [0, 0.1) is 6.92 Å². The number of anilines is 3. The summed E-state index contributed by atoms with van der Waals surface area (Å²) in [6.45, 7) is 10.6. The molecule has 0 spiro atoms. The van der Waals surface area contributed by atoms with E-state index in [1.807, 2.05) is 19.1 Å². The molecule has 136 valence electrons. The summed E-state index contributed by atoms with van der Waals surface area (Å²) in [6, 6.07) is 10.4. The molecule has 0 bridgehead atoms. The number of hydrogen-bond donors (Lipinski definition) is 2. The molecule has 2 rings (SSSR count). The Bertz CT molecular complexity index is 689. The van der Waals surface area contributed by atoms with Crippen LogP contribution in [-0.4, -0.2) is 42.1 Å². The third-order valence-electron chi connectivity index (χ3n) is 3.92. The average Bonchev–Trinajstić information content (AvgIpc) is 2.50. The lowest BCUT2D eigenvalue weighted by molar-refractivity contribution is 0.405. The number of para-hydroxylation sites is 1. The minimum atomic E-state index is 0.0684. The Hall–Kier alpha value is -2.14. The first-order valence-corrected chi connectivity index (χ1v) is 8.86.